The van der Waals surface area contributed by atoms with Crippen LogP contribution in [0.5, 0.6) is 5.75 Å². The van der Waals surface area contributed by atoms with Crippen molar-refractivity contribution in [3.63, 3.8) is 0 Å². The van der Waals surface area contributed by atoms with Gasteiger partial charge in [0.25, 0.3) is 5.91 Å². The van der Waals surface area contributed by atoms with E-state index >= 15 is 0 Å². The van der Waals surface area contributed by atoms with Gasteiger partial charge in [0.1, 0.15) is 12.4 Å². The maximum atomic E-state index is 12.0. The Balaban J connectivity index is 1.91. The normalized spacial score (nSPS) is 11.7. The summed E-state index contributed by atoms with van der Waals surface area (Å²) in [4.78, 5) is 12.0. The number of hydrogen-bond acceptors (Lipinski definition) is 2. The molecule has 1 unspecified atom stereocenters. The third-order valence-electron chi connectivity index (χ3n) is 3.35. The zero-order chi connectivity index (χ0) is 15.1. The Bertz CT molecular complexity index is 564. The maximum absolute atomic E-state index is 12.0. The molecular formula is C18H21NO2. The maximum Gasteiger partial charge on any atom is 0.251 e. The lowest BCUT2D eigenvalue weighted by Gasteiger charge is -2.11. The molecule has 0 spiro atoms. The van der Waals surface area contributed by atoms with E-state index < -0.39 is 0 Å². The molecule has 2 aromatic rings. The largest absolute Gasteiger partial charge is 0.489 e. The van der Waals surface area contributed by atoms with E-state index in [-0.39, 0.29) is 11.9 Å². The molecule has 0 aliphatic heterocycles. The molecule has 110 valence electrons. The first-order valence-corrected chi connectivity index (χ1v) is 7.26. The minimum absolute atomic E-state index is 0.0279. The predicted molar refractivity (Wildman–Crippen MR) is 84.4 cm³/mol. The van der Waals surface area contributed by atoms with Crippen LogP contribution in [0, 0.1) is 0 Å². The summed E-state index contributed by atoms with van der Waals surface area (Å²) in [6, 6.07) is 17.4. The van der Waals surface area contributed by atoms with Crippen molar-refractivity contribution in [3.05, 3.63) is 65.7 Å². The summed E-state index contributed by atoms with van der Waals surface area (Å²) in [6.07, 6.45) is 0.925. The second-order valence-electron chi connectivity index (χ2n) is 5.08. The molecule has 2 aromatic carbocycles. The second-order valence-corrected chi connectivity index (χ2v) is 5.08. The Kier molecular flexibility index (Phi) is 5.38. The molecule has 3 heteroatoms. The van der Waals surface area contributed by atoms with Gasteiger partial charge in [0.15, 0.2) is 0 Å². The lowest BCUT2D eigenvalue weighted by molar-refractivity contribution is 0.0939. The smallest absolute Gasteiger partial charge is 0.251 e. The number of para-hydroxylation sites is 1. The van der Waals surface area contributed by atoms with Crippen LogP contribution in [0.25, 0.3) is 0 Å². The fourth-order valence-electron chi connectivity index (χ4n) is 1.84. The molecule has 2 rings (SSSR count). The van der Waals surface area contributed by atoms with Crippen LogP contribution in [0.15, 0.2) is 54.6 Å². The molecule has 0 aliphatic carbocycles. The number of benzene rings is 2. The lowest BCUT2D eigenvalue weighted by atomic mass is 10.1. The highest BCUT2D eigenvalue weighted by molar-refractivity contribution is 5.94. The summed E-state index contributed by atoms with van der Waals surface area (Å²) in [6.45, 7) is 4.55. The van der Waals surface area contributed by atoms with Crippen LogP contribution in [-0.2, 0) is 6.61 Å². The van der Waals surface area contributed by atoms with Crippen molar-refractivity contribution in [2.45, 2.75) is 32.9 Å². The van der Waals surface area contributed by atoms with E-state index in [1.165, 1.54) is 0 Å². The molecule has 0 heterocycles. The monoisotopic (exact) mass is 283 g/mol. The van der Waals surface area contributed by atoms with Gasteiger partial charge in [0.05, 0.1) is 0 Å². The molecule has 0 saturated carbocycles. The summed E-state index contributed by atoms with van der Waals surface area (Å²) in [5.41, 5.74) is 1.72. The summed E-state index contributed by atoms with van der Waals surface area (Å²) in [5.74, 6) is 0.816. The van der Waals surface area contributed by atoms with Gasteiger partial charge in [-0.15, -0.1) is 0 Å². The highest BCUT2D eigenvalue weighted by Crippen LogP contribution is 2.12. The van der Waals surface area contributed by atoms with Crippen LogP contribution >= 0.6 is 0 Å². The predicted octanol–water partition coefficient (Wildman–Crippen LogP) is 3.79. The minimum Gasteiger partial charge on any atom is -0.489 e. The summed E-state index contributed by atoms with van der Waals surface area (Å²) >= 11 is 0. The molecule has 0 bridgehead atoms. The van der Waals surface area contributed by atoms with Gasteiger partial charge in [0, 0.05) is 11.6 Å². The van der Waals surface area contributed by atoms with E-state index in [2.05, 4.69) is 12.2 Å². The molecule has 1 N–H and O–H groups in total. The lowest BCUT2D eigenvalue weighted by Crippen LogP contribution is -2.31. The van der Waals surface area contributed by atoms with Crippen LogP contribution < -0.4 is 10.1 Å². The number of carbonyl (C=O) groups excluding carboxylic acids is 1. The quantitative estimate of drug-likeness (QED) is 0.876. The van der Waals surface area contributed by atoms with Crippen molar-refractivity contribution in [2.75, 3.05) is 0 Å². The first-order valence-electron chi connectivity index (χ1n) is 7.26. The molecule has 0 radical (unpaired) electrons. The number of hydrogen-bond donors (Lipinski definition) is 1. The van der Waals surface area contributed by atoms with Gasteiger partial charge in [-0.05, 0) is 43.2 Å². The fraction of sp³-hybridized carbons (Fsp3) is 0.278. The van der Waals surface area contributed by atoms with Gasteiger partial charge in [-0.2, -0.15) is 0 Å². The Morgan fingerprint density at radius 1 is 1.10 bits per heavy atom. The van der Waals surface area contributed by atoms with Gasteiger partial charge in [0.2, 0.25) is 0 Å². The Hall–Kier alpha value is -2.29. The third kappa shape index (κ3) is 4.63. The van der Waals surface area contributed by atoms with E-state index in [1.54, 1.807) is 0 Å². The van der Waals surface area contributed by atoms with Crippen molar-refractivity contribution in [1.29, 1.82) is 0 Å². The minimum atomic E-state index is -0.0279. The number of carbonyl (C=O) groups is 1. The van der Waals surface area contributed by atoms with Gasteiger partial charge >= 0.3 is 0 Å². The van der Waals surface area contributed by atoms with Gasteiger partial charge in [-0.25, -0.2) is 0 Å². The van der Waals surface area contributed by atoms with E-state index in [0.717, 1.165) is 17.7 Å². The van der Waals surface area contributed by atoms with Crippen molar-refractivity contribution < 1.29 is 9.53 Å². The average molecular weight is 283 g/mol. The van der Waals surface area contributed by atoms with E-state index in [0.29, 0.717) is 12.2 Å². The Labute approximate surface area is 126 Å². The first-order chi connectivity index (χ1) is 10.2. The SMILES string of the molecule is CCC(C)NC(=O)c1ccc(COc2ccccc2)cc1. The summed E-state index contributed by atoms with van der Waals surface area (Å²) in [5, 5.41) is 2.95. The van der Waals surface area contributed by atoms with Crippen LogP contribution in [-0.4, -0.2) is 11.9 Å². The Morgan fingerprint density at radius 2 is 1.76 bits per heavy atom. The summed E-state index contributed by atoms with van der Waals surface area (Å²) < 4.78 is 5.67. The highest BCUT2D eigenvalue weighted by Gasteiger charge is 2.08. The molecule has 1 atom stereocenters. The number of rotatable bonds is 6. The number of amides is 1. The van der Waals surface area contributed by atoms with Gasteiger partial charge in [-0.3, -0.25) is 4.79 Å². The highest BCUT2D eigenvalue weighted by atomic mass is 16.5. The molecule has 0 fully saturated rings. The zero-order valence-electron chi connectivity index (χ0n) is 12.5. The molecular weight excluding hydrogens is 262 g/mol. The molecule has 21 heavy (non-hydrogen) atoms. The van der Waals surface area contributed by atoms with E-state index in [1.807, 2.05) is 61.5 Å². The fourth-order valence-corrected chi connectivity index (χ4v) is 1.84. The topological polar surface area (TPSA) is 38.3 Å². The first kappa shape index (κ1) is 15.1. The zero-order valence-corrected chi connectivity index (χ0v) is 12.5. The van der Waals surface area contributed by atoms with Crippen molar-refractivity contribution in [1.82, 2.24) is 5.32 Å². The van der Waals surface area contributed by atoms with Crippen molar-refractivity contribution >= 4 is 5.91 Å². The van der Waals surface area contributed by atoms with Crippen molar-refractivity contribution in [3.8, 4) is 5.75 Å². The van der Waals surface area contributed by atoms with Crippen molar-refractivity contribution in [2.24, 2.45) is 0 Å². The molecule has 0 aromatic heterocycles. The number of ether oxygens (including phenoxy) is 1. The molecule has 0 saturated heterocycles. The van der Waals surface area contributed by atoms with Crippen LogP contribution in [0.2, 0.25) is 0 Å². The third-order valence-corrected chi connectivity index (χ3v) is 3.35. The Morgan fingerprint density at radius 3 is 2.38 bits per heavy atom. The molecule has 3 nitrogen and oxygen atoms in total. The van der Waals surface area contributed by atoms with Crippen LogP contribution in [0.1, 0.15) is 36.2 Å². The summed E-state index contributed by atoms with van der Waals surface area (Å²) in [7, 11) is 0. The molecule has 0 aliphatic rings. The second kappa shape index (κ2) is 7.48. The molecule has 1 amide bonds. The van der Waals surface area contributed by atoms with Gasteiger partial charge < -0.3 is 10.1 Å². The number of nitrogens with one attached hydrogen (secondary N) is 1. The van der Waals surface area contributed by atoms with E-state index in [9.17, 15) is 4.79 Å². The van der Waals surface area contributed by atoms with Gasteiger partial charge in [-0.1, -0.05) is 37.3 Å². The standard InChI is InChI=1S/C18H21NO2/c1-3-14(2)19-18(20)16-11-9-15(10-12-16)13-21-17-7-5-4-6-8-17/h4-12,14H,3,13H2,1-2H3,(H,19,20). The average Bonchev–Trinajstić information content (AvgIpc) is 2.54. The van der Waals surface area contributed by atoms with Crippen LogP contribution in [0.3, 0.4) is 0 Å². The van der Waals surface area contributed by atoms with Crippen LogP contribution in [0.4, 0.5) is 0 Å². The van der Waals surface area contributed by atoms with E-state index in [4.69, 9.17) is 4.74 Å².